The monoisotopic (exact) mass is 430 g/mol. The zero-order valence-electron chi connectivity index (χ0n) is 14.6. The van der Waals surface area contributed by atoms with E-state index >= 15 is 0 Å². The number of halogens is 2. The molecule has 27 heavy (non-hydrogen) atoms. The van der Waals surface area contributed by atoms with Gasteiger partial charge in [-0.15, -0.1) is 12.4 Å². The van der Waals surface area contributed by atoms with Crippen LogP contribution in [0.5, 0.6) is 0 Å². The highest BCUT2D eigenvalue weighted by molar-refractivity contribution is 7.89. The van der Waals surface area contributed by atoms with E-state index in [-0.39, 0.29) is 17.3 Å². The van der Waals surface area contributed by atoms with Crippen LogP contribution in [0.4, 0.5) is 0 Å². The molecule has 0 amide bonds. The highest BCUT2D eigenvalue weighted by Gasteiger charge is 2.35. The molecule has 1 fully saturated rings. The Morgan fingerprint density at radius 2 is 1.85 bits per heavy atom. The van der Waals surface area contributed by atoms with E-state index in [1.54, 1.807) is 6.07 Å². The minimum absolute atomic E-state index is 0. The molecule has 1 N–H and O–H groups in total. The van der Waals surface area contributed by atoms with Crippen LogP contribution in [0.3, 0.4) is 0 Å². The van der Waals surface area contributed by atoms with Crippen molar-refractivity contribution in [2.45, 2.75) is 10.9 Å². The molecule has 0 bridgehead atoms. The molecule has 2 aromatic rings. The van der Waals surface area contributed by atoms with E-state index in [0.29, 0.717) is 30.2 Å². The van der Waals surface area contributed by atoms with Crippen molar-refractivity contribution in [3.63, 3.8) is 0 Å². The Balaban J connectivity index is 0.00000261. The SMILES string of the molecule is COC(=O)c1ccc(S(=O)(=O)N2CCNCC2c2ccccc2Cl)cc1.Cl. The fourth-order valence-corrected chi connectivity index (χ4v) is 4.87. The number of sulfonamides is 1. The summed E-state index contributed by atoms with van der Waals surface area (Å²) in [6.07, 6.45) is 0. The van der Waals surface area contributed by atoms with Crippen LogP contribution in [0.15, 0.2) is 53.4 Å². The van der Waals surface area contributed by atoms with Crippen LogP contribution in [0.1, 0.15) is 22.0 Å². The van der Waals surface area contributed by atoms with E-state index in [1.165, 1.54) is 35.7 Å². The summed E-state index contributed by atoms with van der Waals surface area (Å²) in [5, 5.41) is 3.75. The highest BCUT2D eigenvalue weighted by atomic mass is 35.5. The second-order valence-electron chi connectivity index (χ2n) is 5.87. The van der Waals surface area contributed by atoms with Crippen LogP contribution >= 0.6 is 24.0 Å². The number of rotatable bonds is 4. The van der Waals surface area contributed by atoms with Crippen molar-refractivity contribution < 1.29 is 17.9 Å². The van der Waals surface area contributed by atoms with Gasteiger partial charge in [-0.05, 0) is 35.9 Å². The maximum absolute atomic E-state index is 13.2. The summed E-state index contributed by atoms with van der Waals surface area (Å²) >= 11 is 6.29. The van der Waals surface area contributed by atoms with Gasteiger partial charge in [-0.3, -0.25) is 0 Å². The molecule has 1 aliphatic heterocycles. The Kier molecular flexibility index (Phi) is 7.25. The molecule has 1 unspecified atom stereocenters. The molecule has 0 aliphatic carbocycles. The Morgan fingerprint density at radius 3 is 2.48 bits per heavy atom. The van der Waals surface area contributed by atoms with Crippen LogP contribution < -0.4 is 5.32 Å². The highest BCUT2D eigenvalue weighted by Crippen LogP contribution is 2.32. The lowest BCUT2D eigenvalue weighted by molar-refractivity contribution is 0.0600. The van der Waals surface area contributed by atoms with E-state index in [2.05, 4.69) is 10.1 Å². The largest absolute Gasteiger partial charge is 0.465 e. The van der Waals surface area contributed by atoms with E-state index < -0.39 is 22.0 Å². The van der Waals surface area contributed by atoms with Crippen molar-refractivity contribution in [1.29, 1.82) is 0 Å². The lowest BCUT2D eigenvalue weighted by Gasteiger charge is -2.35. The third-order valence-corrected chi connectivity index (χ3v) is 6.61. The number of nitrogens with one attached hydrogen (secondary N) is 1. The standard InChI is InChI=1S/C18H19ClN2O4S.ClH/c1-25-18(22)13-6-8-14(9-7-13)26(23,24)21-11-10-20-12-17(21)15-4-2-3-5-16(15)19;/h2-9,17,20H,10-12H2,1H3;1H. The van der Waals surface area contributed by atoms with Gasteiger partial charge in [0.1, 0.15) is 0 Å². The van der Waals surface area contributed by atoms with E-state index in [9.17, 15) is 13.2 Å². The van der Waals surface area contributed by atoms with Crippen LogP contribution in [-0.4, -0.2) is 45.4 Å². The second kappa shape index (κ2) is 9.03. The number of benzene rings is 2. The minimum Gasteiger partial charge on any atom is -0.465 e. The normalized spacial score (nSPS) is 17.8. The summed E-state index contributed by atoms with van der Waals surface area (Å²) in [6, 6.07) is 12.6. The van der Waals surface area contributed by atoms with Crippen molar-refractivity contribution >= 4 is 40.0 Å². The van der Waals surface area contributed by atoms with Gasteiger partial charge in [0.15, 0.2) is 0 Å². The van der Waals surface area contributed by atoms with Crippen molar-refractivity contribution in [1.82, 2.24) is 9.62 Å². The van der Waals surface area contributed by atoms with Crippen molar-refractivity contribution in [2.24, 2.45) is 0 Å². The third kappa shape index (κ3) is 4.44. The quantitative estimate of drug-likeness (QED) is 0.754. The van der Waals surface area contributed by atoms with Gasteiger partial charge >= 0.3 is 5.97 Å². The van der Waals surface area contributed by atoms with E-state index in [1.807, 2.05) is 18.2 Å². The van der Waals surface area contributed by atoms with Gasteiger partial charge in [0.25, 0.3) is 0 Å². The van der Waals surface area contributed by atoms with Crippen LogP contribution in [0.25, 0.3) is 0 Å². The number of ether oxygens (including phenoxy) is 1. The van der Waals surface area contributed by atoms with Crippen LogP contribution in [0.2, 0.25) is 5.02 Å². The Bertz CT molecular complexity index is 904. The summed E-state index contributed by atoms with van der Waals surface area (Å²) in [7, 11) is -2.46. The van der Waals surface area contributed by atoms with Gasteiger partial charge in [0, 0.05) is 24.7 Å². The third-order valence-electron chi connectivity index (χ3n) is 4.34. The molecule has 1 atom stereocenters. The molecule has 0 radical (unpaired) electrons. The van der Waals surface area contributed by atoms with Gasteiger partial charge in [-0.25, -0.2) is 13.2 Å². The molecular weight excluding hydrogens is 411 g/mol. The van der Waals surface area contributed by atoms with E-state index in [0.717, 1.165) is 5.56 Å². The first kappa shape index (κ1) is 21.7. The minimum atomic E-state index is -3.74. The maximum Gasteiger partial charge on any atom is 0.337 e. The second-order valence-corrected chi connectivity index (χ2v) is 8.17. The smallest absolute Gasteiger partial charge is 0.337 e. The number of esters is 1. The fourth-order valence-electron chi connectivity index (χ4n) is 3.00. The van der Waals surface area contributed by atoms with Gasteiger partial charge in [-0.2, -0.15) is 4.31 Å². The zero-order valence-corrected chi connectivity index (χ0v) is 17.0. The molecule has 0 aromatic heterocycles. The number of carbonyl (C=O) groups is 1. The van der Waals surface area contributed by atoms with Crippen LogP contribution in [-0.2, 0) is 14.8 Å². The summed E-state index contributed by atoms with van der Waals surface area (Å²) in [6.45, 7) is 1.36. The van der Waals surface area contributed by atoms with Crippen molar-refractivity contribution in [3.8, 4) is 0 Å². The molecule has 1 heterocycles. The summed E-state index contributed by atoms with van der Waals surface area (Å²) in [5.74, 6) is -0.509. The first-order valence-electron chi connectivity index (χ1n) is 8.10. The van der Waals surface area contributed by atoms with Crippen molar-refractivity contribution in [3.05, 3.63) is 64.7 Å². The number of methoxy groups -OCH3 is 1. The molecule has 146 valence electrons. The molecule has 1 saturated heterocycles. The predicted octanol–water partition coefficient (Wildman–Crippen LogP) is 2.88. The summed E-state index contributed by atoms with van der Waals surface area (Å²) in [4.78, 5) is 11.7. The molecule has 0 spiro atoms. The summed E-state index contributed by atoms with van der Waals surface area (Å²) < 4.78 is 32.4. The zero-order chi connectivity index (χ0) is 18.7. The average Bonchev–Trinajstić information content (AvgIpc) is 2.68. The number of carbonyl (C=O) groups excluding carboxylic acids is 1. The summed E-state index contributed by atoms with van der Waals surface area (Å²) in [5.41, 5.74) is 1.06. The first-order valence-corrected chi connectivity index (χ1v) is 9.92. The number of hydrogen-bond acceptors (Lipinski definition) is 5. The molecule has 6 nitrogen and oxygen atoms in total. The number of piperazine rings is 1. The first-order chi connectivity index (χ1) is 12.4. The van der Waals surface area contributed by atoms with Gasteiger partial charge in [0.2, 0.25) is 10.0 Å². The van der Waals surface area contributed by atoms with Gasteiger partial charge in [0.05, 0.1) is 23.6 Å². The Labute approximate surface area is 169 Å². The molecule has 9 heteroatoms. The Hall–Kier alpha value is -1.64. The van der Waals surface area contributed by atoms with Gasteiger partial charge in [-0.1, -0.05) is 29.8 Å². The average molecular weight is 431 g/mol. The predicted molar refractivity (Wildman–Crippen MR) is 106 cm³/mol. The lowest BCUT2D eigenvalue weighted by atomic mass is 10.1. The topological polar surface area (TPSA) is 75.7 Å². The van der Waals surface area contributed by atoms with Crippen molar-refractivity contribution in [2.75, 3.05) is 26.7 Å². The number of hydrogen-bond donors (Lipinski definition) is 1. The van der Waals surface area contributed by atoms with Gasteiger partial charge < -0.3 is 10.1 Å². The lowest BCUT2D eigenvalue weighted by Crippen LogP contribution is -2.48. The molecule has 3 rings (SSSR count). The van der Waals surface area contributed by atoms with E-state index in [4.69, 9.17) is 11.6 Å². The number of nitrogens with zero attached hydrogens (tertiary/aromatic N) is 1. The van der Waals surface area contributed by atoms with Crippen LogP contribution in [0, 0.1) is 0 Å². The Morgan fingerprint density at radius 1 is 1.19 bits per heavy atom. The molecule has 1 aliphatic rings. The molecule has 2 aromatic carbocycles. The molecule has 0 saturated carbocycles. The molecular formula is C18H20Cl2N2O4S. The fraction of sp³-hybridized carbons (Fsp3) is 0.278. The maximum atomic E-state index is 13.2.